The van der Waals surface area contributed by atoms with E-state index < -0.39 is 0 Å². The molecule has 0 aromatic heterocycles. The van der Waals surface area contributed by atoms with Crippen molar-refractivity contribution in [3.8, 4) is 0 Å². The highest BCUT2D eigenvalue weighted by Crippen LogP contribution is 2.67. The smallest absolute Gasteiger partial charge is 0.308 e. The van der Waals surface area contributed by atoms with Gasteiger partial charge in [0.2, 0.25) is 0 Å². The van der Waals surface area contributed by atoms with E-state index in [-0.39, 0.29) is 46.5 Å². The normalized spacial score (nSPS) is 44.3. The van der Waals surface area contributed by atoms with E-state index in [2.05, 4.69) is 19.9 Å². The van der Waals surface area contributed by atoms with Gasteiger partial charge in [0.05, 0.1) is 12.5 Å². The molecule has 5 heteroatoms. The van der Waals surface area contributed by atoms with E-state index in [0.717, 1.165) is 51.4 Å². The molecule has 0 spiro atoms. The second-order valence-corrected chi connectivity index (χ2v) is 12.2. The van der Waals surface area contributed by atoms with Crippen LogP contribution in [0.4, 0.5) is 0 Å². The zero-order valence-corrected chi connectivity index (χ0v) is 21.2. The van der Waals surface area contributed by atoms with Crippen LogP contribution >= 0.6 is 0 Å². The van der Waals surface area contributed by atoms with Gasteiger partial charge in [-0.3, -0.25) is 14.4 Å². The molecule has 0 radical (unpaired) electrons. The first-order valence-corrected chi connectivity index (χ1v) is 13.4. The van der Waals surface area contributed by atoms with Crippen molar-refractivity contribution < 1.29 is 23.9 Å². The number of carbonyl (C=O) groups excluding carboxylic acids is 3. The Morgan fingerprint density at radius 1 is 1.15 bits per heavy atom. The van der Waals surface area contributed by atoms with Crippen molar-refractivity contribution in [2.45, 2.75) is 85.2 Å². The van der Waals surface area contributed by atoms with Crippen LogP contribution in [0.5, 0.6) is 0 Å². The van der Waals surface area contributed by atoms with Crippen molar-refractivity contribution in [1.29, 1.82) is 0 Å². The first-order chi connectivity index (χ1) is 16.2. The Kier molecular flexibility index (Phi) is 6.05. The van der Waals surface area contributed by atoms with Crippen LogP contribution in [-0.4, -0.2) is 30.4 Å². The Labute approximate surface area is 203 Å². The molecule has 0 amide bonds. The highest BCUT2D eigenvalue weighted by molar-refractivity contribution is 6.01. The average Bonchev–Trinajstić information content (AvgIpc) is 3.19. The van der Waals surface area contributed by atoms with Crippen LogP contribution in [0.2, 0.25) is 0 Å². The third-order valence-corrected chi connectivity index (χ3v) is 10.7. The monoisotopic (exact) mass is 468 g/mol. The zero-order valence-electron chi connectivity index (χ0n) is 21.2. The van der Waals surface area contributed by atoms with Gasteiger partial charge < -0.3 is 9.47 Å². The maximum absolute atomic E-state index is 12.4. The van der Waals surface area contributed by atoms with Crippen molar-refractivity contribution in [1.82, 2.24) is 0 Å². The van der Waals surface area contributed by atoms with Crippen LogP contribution in [-0.2, 0) is 23.9 Å². The Morgan fingerprint density at radius 3 is 2.68 bits per heavy atom. The zero-order chi connectivity index (χ0) is 24.3. The molecule has 0 aromatic rings. The SMILES string of the molecule is CC(=O)OC[C@]12CCC3C(CCC4=CC(=O)C=C[C@@]43C)C1CCC2[C@H](C)C1CCC(C)C(=O)O1. The van der Waals surface area contributed by atoms with E-state index in [1.807, 2.05) is 13.0 Å². The summed E-state index contributed by atoms with van der Waals surface area (Å²) in [7, 11) is 0. The quantitative estimate of drug-likeness (QED) is 0.515. The summed E-state index contributed by atoms with van der Waals surface area (Å²) >= 11 is 0. The fraction of sp³-hybridized carbons (Fsp3) is 0.759. The molecule has 186 valence electrons. The van der Waals surface area contributed by atoms with Crippen LogP contribution < -0.4 is 0 Å². The molecule has 4 fully saturated rings. The summed E-state index contributed by atoms with van der Waals surface area (Å²) in [5.41, 5.74) is 1.22. The van der Waals surface area contributed by atoms with Gasteiger partial charge in [0.1, 0.15) is 6.10 Å². The number of hydrogen-bond acceptors (Lipinski definition) is 5. The van der Waals surface area contributed by atoms with Crippen molar-refractivity contribution in [2.75, 3.05) is 6.61 Å². The molecule has 0 aromatic carbocycles. The van der Waals surface area contributed by atoms with Crippen molar-refractivity contribution >= 4 is 17.7 Å². The summed E-state index contributed by atoms with van der Waals surface area (Å²) in [4.78, 5) is 36.4. The van der Waals surface area contributed by atoms with Gasteiger partial charge in [0.25, 0.3) is 0 Å². The topological polar surface area (TPSA) is 69.7 Å². The lowest BCUT2D eigenvalue weighted by Gasteiger charge is -2.58. The predicted octanol–water partition coefficient (Wildman–Crippen LogP) is 5.43. The van der Waals surface area contributed by atoms with Crippen LogP contribution in [0.1, 0.15) is 79.1 Å². The number of fused-ring (bicyclic) bond motifs is 5. The minimum atomic E-state index is -0.207. The fourth-order valence-corrected chi connectivity index (χ4v) is 8.84. The average molecular weight is 469 g/mol. The minimum absolute atomic E-state index is 0.00844. The highest BCUT2D eigenvalue weighted by atomic mass is 16.5. The number of ether oxygens (including phenoxy) is 2. The Balaban J connectivity index is 1.44. The van der Waals surface area contributed by atoms with Gasteiger partial charge in [-0.15, -0.1) is 0 Å². The molecule has 5 rings (SSSR count). The Bertz CT molecular complexity index is 933. The molecule has 34 heavy (non-hydrogen) atoms. The summed E-state index contributed by atoms with van der Waals surface area (Å²) in [5.74, 6) is 2.08. The summed E-state index contributed by atoms with van der Waals surface area (Å²) < 4.78 is 11.7. The summed E-state index contributed by atoms with van der Waals surface area (Å²) in [6.45, 7) is 8.54. The van der Waals surface area contributed by atoms with Crippen LogP contribution in [0, 0.1) is 46.3 Å². The molecule has 9 atom stereocenters. The molecular weight excluding hydrogens is 428 g/mol. The van der Waals surface area contributed by atoms with E-state index >= 15 is 0 Å². The van der Waals surface area contributed by atoms with Gasteiger partial charge in [-0.1, -0.05) is 32.4 Å². The van der Waals surface area contributed by atoms with Crippen LogP contribution in [0.3, 0.4) is 0 Å². The second kappa shape index (κ2) is 8.64. The van der Waals surface area contributed by atoms with E-state index in [0.29, 0.717) is 30.3 Å². The largest absolute Gasteiger partial charge is 0.465 e. The predicted molar refractivity (Wildman–Crippen MR) is 129 cm³/mol. The van der Waals surface area contributed by atoms with Gasteiger partial charge in [-0.2, -0.15) is 0 Å². The molecule has 5 aliphatic rings. The highest BCUT2D eigenvalue weighted by Gasteiger charge is 2.62. The maximum atomic E-state index is 12.4. The van der Waals surface area contributed by atoms with Gasteiger partial charge in [0.15, 0.2) is 5.78 Å². The number of allylic oxidation sites excluding steroid dienone is 4. The lowest BCUT2D eigenvalue weighted by atomic mass is 9.47. The summed E-state index contributed by atoms with van der Waals surface area (Å²) in [6.07, 6.45) is 14.1. The third kappa shape index (κ3) is 3.69. The first kappa shape index (κ1) is 23.8. The van der Waals surface area contributed by atoms with E-state index in [4.69, 9.17) is 9.47 Å². The number of rotatable bonds is 4. The number of esters is 2. The van der Waals surface area contributed by atoms with E-state index in [1.54, 1.807) is 6.08 Å². The van der Waals surface area contributed by atoms with E-state index in [1.165, 1.54) is 12.5 Å². The molecule has 1 saturated heterocycles. The van der Waals surface area contributed by atoms with Crippen molar-refractivity contribution in [2.24, 2.45) is 46.3 Å². The summed E-state index contributed by atoms with van der Waals surface area (Å²) in [6, 6.07) is 0. The number of hydrogen-bond donors (Lipinski definition) is 0. The molecule has 1 aliphatic heterocycles. The van der Waals surface area contributed by atoms with Crippen LogP contribution in [0.25, 0.3) is 0 Å². The van der Waals surface area contributed by atoms with Gasteiger partial charge in [0, 0.05) is 17.8 Å². The third-order valence-electron chi connectivity index (χ3n) is 10.7. The Hall–Kier alpha value is -1.91. The fourth-order valence-electron chi connectivity index (χ4n) is 8.84. The standard InChI is InChI=1S/C29H40O5/c1-17-5-10-26(34-27(17)32)18(2)23-8-9-25-22-7-6-20-15-21(31)11-13-28(20,4)24(22)12-14-29(23,25)16-33-19(3)30/h11,13,15,17-18,22-26H,5-10,12,14,16H2,1-4H3/t17?,18-,22?,23?,24?,25?,26?,28-,29-/m0/s1. The maximum Gasteiger partial charge on any atom is 0.308 e. The van der Waals surface area contributed by atoms with Crippen LogP contribution in [0.15, 0.2) is 23.8 Å². The minimum Gasteiger partial charge on any atom is -0.465 e. The van der Waals surface area contributed by atoms with Crippen molar-refractivity contribution in [3.05, 3.63) is 23.8 Å². The number of cyclic esters (lactones) is 1. The second-order valence-electron chi connectivity index (χ2n) is 12.2. The van der Waals surface area contributed by atoms with E-state index in [9.17, 15) is 14.4 Å². The molecule has 5 nitrogen and oxygen atoms in total. The molecule has 1 heterocycles. The molecule has 0 bridgehead atoms. The molecular formula is C29H40O5. The lowest BCUT2D eigenvalue weighted by molar-refractivity contribution is -0.169. The first-order valence-electron chi connectivity index (χ1n) is 13.4. The van der Waals surface area contributed by atoms with Gasteiger partial charge >= 0.3 is 11.9 Å². The molecule has 6 unspecified atom stereocenters. The lowest BCUT2D eigenvalue weighted by Crippen LogP contribution is -2.54. The Morgan fingerprint density at radius 2 is 1.94 bits per heavy atom. The summed E-state index contributed by atoms with van der Waals surface area (Å²) in [5, 5.41) is 0. The number of ketones is 1. The number of carbonyl (C=O) groups is 3. The van der Waals surface area contributed by atoms with Crippen molar-refractivity contribution in [3.63, 3.8) is 0 Å². The molecule has 0 N–H and O–H groups in total. The van der Waals surface area contributed by atoms with Gasteiger partial charge in [-0.25, -0.2) is 0 Å². The van der Waals surface area contributed by atoms with Gasteiger partial charge in [-0.05, 0) is 93.1 Å². The molecule has 4 aliphatic carbocycles. The molecule has 3 saturated carbocycles.